The van der Waals surface area contributed by atoms with Gasteiger partial charge in [-0.05, 0) is 44.0 Å². The molecule has 130 valence electrons. The molecule has 2 rings (SSSR count). The Morgan fingerprint density at radius 2 is 1.83 bits per heavy atom. The first-order valence-corrected chi connectivity index (χ1v) is 8.99. The zero-order valence-corrected chi connectivity index (χ0v) is 15.1. The van der Waals surface area contributed by atoms with Crippen LogP contribution >= 0.6 is 0 Å². The highest BCUT2D eigenvalue weighted by atomic mass is 32.2. The first-order chi connectivity index (χ1) is 11.2. The Morgan fingerprint density at radius 3 is 2.38 bits per heavy atom. The molecule has 0 saturated carbocycles. The fourth-order valence-electron chi connectivity index (χ4n) is 2.67. The molecule has 0 aliphatic heterocycles. The highest BCUT2D eigenvalue weighted by Gasteiger charge is 2.26. The minimum atomic E-state index is -3.74. The highest BCUT2D eigenvalue weighted by molar-refractivity contribution is 7.89. The van der Waals surface area contributed by atoms with Crippen LogP contribution in [0, 0.1) is 20.8 Å². The summed E-state index contributed by atoms with van der Waals surface area (Å²) in [4.78, 5) is 12.3. The van der Waals surface area contributed by atoms with E-state index in [2.05, 4.69) is 5.32 Å². The fourth-order valence-corrected chi connectivity index (χ4v) is 4.20. The number of likely N-dealkylation sites (N-methyl/N-ethyl adjacent to an activating group) is 1. The lowest BCUT2D eigenvalue weighted by Crippen LogP contribution is -2.38. The minimum Gasteiger partial charge on any atom is -0.467 e. The number of carbonyl (C=O) groups is 1. The summed E-state index contributed by atoms with van der Waals surface area (Å²) in [5.41, 5.74) is 2.36. The maximum atomic E-state index is 12.8. The SMILES string of the molecule is Cc1cc(C)c(S(=O)(=O)N(C)CC(=O)NCc2ccco2)c(C)c1. The molecular formula is C17H22N2O4S. The number of amides is 1. The molecule has 0 radical (unpaired) electrons. The highest BCUT2D eigenvalue weighted by Crippen LogP contribution is 2.24. The normalized spacial score (nSPS) is 11.7. The molecule has 1 N–H and O–H groups in total. The van der Waals surface area contributed by atoms with Crippen LogP contribution < -0.4 is 5.32 Å². The molecule has 0 fully saturated rings. The predicted octanol–water partition coefficient (Wildman–Crippen LogP) is 2.14. The molecule has 6 nitrogen and oxygen atoms in total. The maximum absolute atomic E-state index is 12.8. The van der Waals surface area contributed by atoms with Gasteiger partial charge < -0.3 is 9.73 Å². The van der Waals surface area contributed by atoms with Crippen LogP contribution in [-0.4, -0.2) is 32.2 Å². The molecule has 0 spiro atoms. The molecule has 1 heterocycles. The molecule has 0 aliphatic rings. The first kappa shape index (κ1) is 18.2. The second kappa shape index (κ2) is 7.19. The van der Waals surface area contributed by atoms with E-state index in [0.29, 0.717) is 16.9 Å². The molecule has 0 saturated heterocycles. The van der Waals surface area contributed by atoms with E-state index >= 15 is 0 Å². The molecule has 2 aromatic rings. The number of rotatable bonds is 6. The van der Waals surface area contributed by atoms with E-state index in [1.807, 2.05) is 19.1 Å². The van der Waals surface area contributed by atoms with E-state index in [0.717, 1.165) is 9.87 Å². The summed E-state index contributed by atoms with van der Waals surface area (Å²) in [5, 5.41) is 2.64. The van der Waals surface area contributed by atoms with Gasteiger partial charge in [0.2, 0.25) is 15.9 Å². The second-order valence-corrected chi connectivity index (χ2v) is 7.83. The Morgan fingerprint density at radius 1 is 1.21 bits per heavy atom. The summed E-state index contributed by atoms with van der Waals surface area (Å²) in [6, 6.07) is 7.11. The van der Waals surface area contributed by atoms with Crippen LogP contribution in [0.15, 0.2) is 39.8 Å². The van der Waals surface area contributed by atoms with E-state index in [9.17, 15) is 13.2 Å². The number of benzene rings is 1. The van der Waals surface area contributed by atoms with E-state index in [1.165, 1.54) is 13.3 Å². The lowest BCUT2D eigenvalue weighted by Gasteiger charge is -2.20. The number of nitrogens with one attached hydrogen (secondary N) is 1. The van der Waals surface area contributed by atoms with Crippen molar-refractivity contribution in [2.24, 2.45) is 0 Å². The summed E-state index contributed by atoms with van der Waals surface area (Å²) >= 11 is 0. The Hall–Kier alpha value is -2.12. The van der Waals surface area contributed by atoms with Crippen LogP contribution in [0.5, 0.6) is 0 Å². The standard InChI is InChI=1S/C17H22N2O4S/c1-12-8-13(2)17(14(3)9-12)24(21,22)19(4)11-16(20)18-10-15-6-5-7-23-15/h5-9H,10-11H2,1-4H3,(H,18,20). The van der Waals surface area contributed by atoms with Crippen LogP contribution in [0.25, 0.3) is 0 Å². The monoisotopic (exact) mass is 350 g/mol. The number of aryl methyl sites for hydroxylation is 3. The van der Waals surface area contributed by atoms with Gasteiger partial charge in [0, 0.05) is 7.05 Å². The summed E-state index contributed by atoms with van der Waals surface area (Å²) in [5.74, 6) is 0.221. The van der Waals surface area contributed by atoms with Crippen molar-refractivity contribution in [1.29, 1.82) is 0 Å². The van der Waals surface area contributed by atoms with Crippen molar-refractivity contribution in [3.63, 3.8) is 0 Å². The zero-order valence-electron chi connectivity index (χ0n) is 14.3. The van der Waals surface area contributed by atoms with Gasteiger partial charge in [-0.2, -0.15) is 4.31 Å². The van der Waals surface area contributed by atoms with E-state index in [1.54, 1.807) is 26.0 Å². The Bertz CT molecular complexity index is 803. The zero-order chi connectivity index (χ0) is 17.9. The summed E-state index contributed by atoms with van der Waals surface area (Å²) < 4.78 is 31.7. The lowest BCUT2D eigenvalue weighted by atomic mass is 10.1. The van der Waals surface area contributed by atoms with Gasteiger partial charge in [0.05, 0.1) is 24.2 Å². The molecule has 0 atom stereocenters. The van der Waals surface area contributed by atoms with Crippen molar-refractivity contribution in [1.82, 2.24) is 9.62 Å². The van der Waals surface area contributed by atoms with Crippen molar-refractivity contribution >= 4 is 15.9 Å². The summed E-state index contributed by atoms with van der Waals surface area (Å²) in [7, 11) is -2.33. The first-order valence-electron chi connectivity index (χ1n) is 7.55. The van der Waals surface area contributed by atoms with Crippen molar-refractivity contribution in [3.05, 3.63) is 53.0 Å². The summed E-state index contributed by atoms with van der Waals surface area (Å²) in [6.07, 6.45) is 1.51. The van der Waals surface area contributed by atoms with Crippen LogP contribution in [0.1, 0.15) is 22.5 Å². The number of hydrogen-bond donors (Lipinski definition) is 1. The van der Waals surface area contributed by atoms with Gasteiger partial charge in [-0.25, -0.2) is 8.42 Å². The van der Waals surface area contributed by atoms with Crippen LogP contribution in [0.4, 0.5) is 0 Å². The second-order valence-electron chi connectivity index (χ2n) is 5.85. The van der Waals surface area contributed by atoms with Gasteiger partial charge in [-0.1, -0.05) is 17.7 Å². The Labute approximate surface area is 142 Å². The average Bonchev–Trinajstić information content (AvgIpc) is 2.96. The van der Waals surface area contributed by atoms with Gasteiger partial charge in [-0.15, -0.1) is 0 Å². The Balaban J connectivity index is 2.10. The third kappa shape index (κ3) is 4.04. The number of nitrogens with zero attached hydrogens (tertiary/aromatic N) is 1. The van der Waals surface area contributed by atoms with E-state index < -0.39 is 10.0 Å². The van der Waals surface area contributed by atoms with Gasteiger partial charge in [0.1, 0.15) is 5.76 Å². The topological polar surface area (TPSA) is 79.6 Å². The van der Waals surface area contributed by atoms with E-state index in [4.69, 9.17) is 4.42 Å². The predicted molar refractivity (Wildman–Crippen MR) is 91.0 cm³/mol. The van der Waals surface area contributed by atoms with Crippen LogP contribution in [0.2, 0.25) is 0 Å². The van der Waals surface area contributed by atoms with Crippen molar-refractivity contribution in [2.45, 2.75) is 32.2 Å². The Kier molecular flexibility index (Phi) is 5.46. The van der Waals surface area contributed by atoms with Gasteiger partial charge in [-0.3, -0.25) is 4.79 Å². The molecular weight excluding hydrogens is 328 g/mol. The van der Waals surface area contributed by atoms with Gasteiger partial charge >= 0.3 is 0 Å². The molecule has 0 bridgehead atoms. The van der Waals surface area contributed by atoms with Crippen LogP contribution in [-0.2, 0) is 21.4 Å². The number of carbonyl (C=O) groups excluding carboxylic acids is 1. The van der Waals surface area contributed by atoms with Crippen molar-refractivity contribution < 1.29 is 17.6 Å². The largest absolute Gasteiger partial charge is 0.467 e. The maximum Gasteiger partial charge on any atom is 0.243 e. The molecule has 1 amide bonds. The third-order valence-electron chi connectivity index (χ3n) is 3.68. The van der Waals surface area contributed by atoms with Crippen molar-refractivity contribution in [2.75, 3.05) is 13.6 Å². The molecule has 0 aliphatic carbocycles. The number of furan rings is 1. The minimum absolute atomic E-state index is 0.225. The smallest absolute Gasteiger partial charge is 0.243 e. The number of hydrogen-bond acceptors (Lipinski definition) is 4. The molecule has 1 aromatic heterocycles. The summed E-state index contributed by atoms with van der Waals surface area (Å²) in [6.45, 7) is 5.41. The lowest BCUT2D eigenvalue weighted by molar-refractivity contribution is -0.121. The van der Waals surface area contributed by atoms with Gasteiger partial charge in [0.15, 0.2) is 0 Å². The van der Waals surface area contributed by atoms with E-state index in [-0.39, 0.29) is 23.9 Å². The molecule has 1 aromatic carbocycles. The van der Waals surface area contributed by atoms with Crippen LogP contribution in [0.3, 0.4) is 0 Å². The van der Waals surface area contributed by atoms with Gasteiger partial charge in [0.25, 0.3) is 0 Å². The number of sulfonamides is 1. The average molecular weight is 350 g/mol. The third-order valence-corrected chi connectivity index (χ3v) is 5.79. The molecule has 0 unspecified atom stereocenters. The molecule has 7 heteroatoms. The quantitative estimate of drug-likeness (QED) is 0.866. The fraction of sp³-hybridized carbons (Fsp3) is 0.353. The van der Waals surface area contributed by atoms with Crippen molar-refractivity contribution in [3.8, 4) is 0 Å². The molecule has 24 heavy (non-hydrogen) atoms.